The molecule has 1 aliphatic rings. The van der Waals surface area contributed by atoms with E-state index in [2.05, 4.69) is 4.90 Å². The molecule has 2 aromatic carbocycles. The van der Waals surface area contributed by atoms with E-state index in [1.165, 1.54) is 0 Å². The maximum atomic E-state index is 14.8. The topological polar surface area (TPSA) is 32.7 Å². The third-order valence-electron chi connectivity index (χ3n) is 4.75. The van der Waals surface area contributed by atoms with Crippen molar-refractivity contribution in [1.82, 2.24) is 0 Å². The summed E-state index contributed by atoms with van der Waals surface area (Å²) in [5.41, 5.74) is 0.808. The van der Waals surface area contributed by atoms with Crippen molar-refractivity contribution in [2.45, 2.75) is 19.0 Å². The highest BCUT2D eigenvalue weighted by Gasteiger charge is 2.31. The number of phenolic OH excluding ortho intramolecular Hbond substituents is 1. The number of nitrogens with zero attached hydrogens (tertiary/aromatic N) is 1. The quantitative estimate of drug-likeness (QED) is 0.873. The zero-order valence-electron chi connectivity index (χ0n) is 13.9. The predicted octanol–water partition coefficient (Wildman–Crippen LogP) is 4.61. The molecule has 0 bridgehead atoms. The normalized spacial score (nSPS) is 16.7. The maximum absolute atomic E-state index is 14.8. The predicted molar refractivity (Wildman–Crippen MR) is 89.8 cm³/mol. The Labute approximate surface area is 144 Å². The lowest BCUT2D eigenvalue weighted by molar-refractivity contribution is 0.192. The van der Waals surface area contributed by atoms with Gasteiger partial charge in [0, 0.05) is 24.3 Å². The van der Waals surface area contributed by atoms with E-state index >= 15 is 0 Å². The van der Waals surface area contributed by atoms with Crippen molar-refractivity contribution >= 4 is 5.69 Å². The van der Waals surface area contributed by atoms with Crippen molar-refractivity contribution in [3.05, 3.63) is 53.6 Å². The Balaban J connectivity index is 1.69. The Bertz CT molecular complexity index is 728. The highest BCUT2D eigenvalue weighted by molar-refractivity contribution is 5.49. The molecular weight excluding hydrogens is 331 g/mol. The first-order valence-corrected chi connectivity index (χ1v) is 8.21. The fourth-order valence-electron chi connectivity index (χ4n) is 3.32. The number of ether oxygens (including phenoxy) is 1. The van der Waals surface area contributed by atoms with Crippen LogP contribution < -0.4 is 9.64 Å². The molecular formula is C19H20F3NO2. The highest BCUT2D eigenvalue weighted by atomic mass is 19.1. The first-order chi connectivity index (χ1) is 12.0. The number of rotatable bonds is 4. The van der Waals surface area contributed by atoms with E-state index in [1.54, 1.807) is 12.1 Å². The van der Waals surface area contributed by atoms with Crippen LogP contribution in [0.1, 0.15) is 24.6 Å². The molecule has 0 radical (unpaired) electrons. The van der Waals surface area contributed by atoms with E-state index < -0.39 is 23.6 Å². The summed E-state index contributed by atoms with van der Waals surface area (Å²) in [4.78, 5) is 2.10. The number of halogens is 3. The van der Waals surface area contributed by atoms with Gasteiger partial charge in [-0.1, -0.05) is 0 Å². The van der Waals surface area contributed by atoms with Gasteiger partial charge >= 0.3 is 0 Å². The van der Waals surface area contributed by atoms with Crippen LogP contribution >= 0.6 is 0 Å². The van der Waals surface area contributed by atoms with Gasteiger partial charge in [0.15, 0.2) is 17.4 Å². The number of methoxy groups -OCH3 is 1. The van der Waals surface area contributed by atoms with Gasteiger partial charge in [0.1, 0.15) is 11.9 Å². The van der Waals surface area contributed by atoms with Crippen LogP contribution in [-0.4, -0.2) is 25.3 Å². The lowest BCUT2D eigenvalue weighted by atomic mass is 9.88. The second-order valence-corrected chi connectivity index (χ2v) is 6.23. The molecule has 1 aliphatic heterocycles. The number of piperidine rings is 1. The summed E-state index contributed by atoms with van der Waals surface area (Å²) >= 11 is 0. The zero-order chi connectivity index (χ0) is 18.0. The molecule has 1 atom stereocenters. The van der Waals surface area contributed by atoms with Crippen LogP contribution in [0, 0.1) is 17.6 Å². The third kappa shape index (κ3) is 3.52. The summed E-state index contributed by atoms with van der Waals surface area (Å²) in [5.74, 6) is -2.48. The summed E-state index contributed by atoms with van der Waals surface area (Å²) in [5, 5.41) is 9.34. The van der Waals surface area contributed by atoms with Gasteiger partial charge < -0.3 is 14.7 Å². The van der Waals surface area contributed by atoms with Crippen molar-refractivity contribution in [2.75, 3.05) is 25.1 Å². The smallest absolute Gasteiger partial charge is 0.190 e. The van der Waals surface area contributed by atoms with Gasteiger partial charge in [0.2, 0.25) is 0 Å². The van der Waals surface area contributed by atoms with Crippen LogP contribution in [0.3, 0.4) is 0 Å². The minimum atomic E-state index is -1.50. The first kappa shape index (κ1) is 17.5. The summed E-state index contributed by atoms with van der Waals surface area (Å²) in [7, 11) is 1.16. The molecule has 1 unspecified atom stereocenters. The number of phenols is 1. The molecule has 1 fully saturated rings. The van der Waals surface area contributed by atoms with Crippen molar-refractivity contribution in [1.29, 1.82) is 0 Å². The van der Waals surface area contributed by atoms with Crippen molar-refractivity contribution < 1.29 is 23.0 Å². The zero-order valence-corrected chi connectivity index (χ0v) is 13.9. The number of anilines is 1. The van der Waals surface area contributed by atoms with Crippen LogP contribution in [0.2, 0.25) is 0 Å². The van der Waals surface area contributed by atoms with E-state index in [0.717, 1.165) is 24.9 Å². The largest absolute Gasteiger partial charge is 0.508 e. The molecule has 0 spiro atoms. The SMILES string of the molecule is COc1c(F)ccc(C(F)C2CCN(c3ccc(O)cc3)CC2)c1F. The molecule has 1 heterocycles. The highest BCUT2D eigenvalue weighted by Crippen LogP contribution is 2.38. The Hall–Kier alpha value is -2.37. The van der Waals surface area contributed by atoms with Crippen LogP contribution in [0.25, 0.3) is 0 Å². The van der Waals surface area contributed by atoms with E-state index in [4.69, 9.17) is 4.74 Å². The van der Waals surface area contributed by atoms with Crippen LogP contribution in [-0.2, 0) is 0 Å². The molecule has 0 saturated carbocycles. The molecule has 2 aromatic rings. The minimum absolute atomic E-state index is 0.152. The van der Waals surface area contributed by atoms with Gasteiger partial charge in [0.05, 0.1) is 7.11 Å². The number of hydrogen-bond donors (Lipinski definition) is 1. The Morgan fingerprint density at radius 3 is 2.32 bits per heavy atom. The standard InChI is InChI=1S/C19H20F3NO2/c1-25-19-16(20)7-6-15(18(19)22)17(21)12-8-10-23(11-9-12)13-2-4-14(24)5-3-13/h2-7,12,17,24H,8-11H2,1H3. The van der Waals surface area contributed by atoms with Crippen LogP contribution in [0.15, 0.2) is 36.4 Å². The summed E-state index contributed by atoms with van der Waals surface area (Å²) < 4.78 is 47.3. The molecule has 0 amide bonds. The van der Waals surface area contributed by atoms with Gasteiger partial charge in [0.25, 0.3) is 0 Å². The monoisotopic (exact) mass is 351 g/mol. The van der Waals surface area contributed by atoms with Gasteiger partial charge in [-0.3, -0.25) is 0 Å². The molecule has 1 saturated heterocycles. The van der Waals surface area contributed by atoms with E-state index in [-0.39, 0.29) is 17.2 Å². The lowest BCUT2D eigenvalue weighted by Crippen LogP contribution is -2.35. The summed E-state index contributed by atoms with van der Waals surface area (Å²) in [6.07, 6.45) is -0.390. The second kappa shape index (κ2) is 7.25. The van der Waals surface area contributed by atoms with Gasteiger partial charge in [-0.2, -0.15) is 0 Å². The van der Waals surface area contributed by atoms with E-state index in [9.17, 15) is 18.3 Å². The average Bonchev–Trinajstić information content (AvgIpc) is 2.62. The molecule has 25 heavy (non-hydrogen) atoms. The lowest BCUT2D eigenvalue weighted by Gasteiger charge is -2.35. The van der Waals surface area contributed by atoms with Crippen LogP contribution in [0.4, 0.5) is 18.9 Å². The molecule has 0 aliphatic carbocycles. The molecule has 6 heteroatoms. The van der Waals surface area contributed by atoms with Crippen molar-refractivity contribution in [2.24, 2.45) is 5.92 Å². The Morgan fingerprint density at radius 2 is 1.72 bits per heavy atom. The summed E-state index contributed by atoms with van der Waals surface area (Å²) in [6.45, 7) is 1.27. The second-order valence-electron chi connectivity index (χ2n) is 6.23. The first-order valence-electron chi connectivity index (χ1n) is 8.21. The maximum Gasteiger partial charge on any atom is 0.190 e. The fourth-order valence-corrected chi connectivity index (χ4v) is 3.32. The number of aromatic hydroxyl groups is 1. The molecule has 3 nitrogen and oxygen atoms in total. The number of benzene rings is 2. The Kier molecular flexibility index (Phi) is 5.06. The fraction of sp³-hybridized carbons (Fsp3) is 0.368. The average molecular weight is 351 g/mol. The molecule has 0 aromatic heterocycles. The van der Waals surface area contributed by atoms with E-state index in [0.29, 0.717) is 25.9 Å². The molecule has 1 N–H and O–H groups in total. The van der Waals surface area contributed by atoms with Crippen molar-refractivity contribution in [3.8, 4) is 11.5 Å². The summed E-state index contributed by atoms with van der Waals surface area (Å²) in [6, 6.07) is 9.04. The van der Waals surface area contributed by atoms with Gasteiger partial charge in [-0.25, -0.2) is 13.2 Å². The van der Waals surface area contributed by atoms with Crippen LogP contribution in [0.5, 0.6) is 11.5 Å². The van der Waals surface area contributed by atoms with Crippen molar-refractivity contribution in [3.63, 3.8) is 0 Å². The third-order valence-corrected chi connectivity index (χ3v) is 4.75. The number of alkyl halides is 1. The van der Waals surface area contributed by atoms with E-state index in [1.807, 2.05) is 12.1 Å². The molecule has 3 rings (SSSR count). The Morgan fingerprint density at radius 1 is 1.08 bits per heavy atom. The number of hydrogen-bond acceptors (Lipinski definition) is 3. The minimum Gasteiger partial charge on any atom is -0.508 e. The molecule has 134 valence electrons. The van der Waals surface area contributed by atoms with Gasteiger partial charge in [-0.05, 0) is 55.2 Å². The van der Waals surface area contributed by atoms with Gasteiger partial charge in [-0.15, -0.1) is 0 Å².